The van der Waals surface area contributed by atoms with Crippen molar-refractivity contribution in [2.45, 2.75) is 51.2 Å². The molecule has 2 fully saturated rings. The van der Waals surface area contributed by atoms with Gasteiger partial charge in [-0.1, -0.05) is 6.92 Å². The summed E-state index contributed by atoms with van der Waals surface area (Å²) >= 11 is 0. The molecule has 2 saturated heterocycles. The average Bonchev–Trinajstić information content (AvgIpc) is 2.27. The van der Waals surface area contributed by atoms with Crippen LogP contribution in [0.15, 0.2) is 0 Å². The highest BCUT2D eigenvalue weighted by molar-refractivity contribution is 7.91. The second-order valence-electron chi connectivity index (χ2n) is 5.48. The number of nitrogens with zero attached hydrogens (tertiary/aromatic N) is 1. The van der Waals surface area contributed by atoms with Crippen LogP contribution in [0.25, 0.3) is 0 Å². The van der Waals surface area contributed by atoms with Gasteiger partial charge in [0.25, 0.3) is 0 Å². The van der Waals surface area contributed by atoms with Crippen molar-refractivity contribution >= 4 is 9.84 Å². The summed E-state index contributed by atoms with van der Waals surface area (Å²) < 4.78 is 23.5. The molecule has 2 aliphatic heterocycles. The predicted octanol–water partition coefficient (Wildman–Crippen LogP) is 0.636. The minimum absolute atomic E-state index is 0.253. The quantitative estimate of drug-likeness (QED) is 0.791. The van der Waals surface area contributed by atoms with Crippen molar-refractivity contribution in [3.63, 3.8) is 0 Å². The molecule has 0 amide bonds. The van der Waals surface area contributed by atoms with Gasteiger partial charge in [-0.2, -0.15) is 0 Å². The third-order valence-electron chi connectivity index (χ3n) is 4.03. The van der Waals surface area contributed by atoms with Gasteiger partial charge in [0.15, 0.2) is 9.84 Å². The van der Waals surface area contributed by atoms with Crippen LogP contribution >= 0.6 is 0 Å². The lowest BCUT2D eigenvalue weighted by Crippen LogP contribution is -2.60. The predicted molar refractivity (Wildman–Crippen MR) is 69.9 cm³/mol. The molecule has 0 aromatic carbocycles. The van der Waals surface area contributed by atoms with Gasteiger partial charge in [0, 0.05) is 31.2 Å². The first kappa shape index (κ1) is 13.3. The van der Waals surface area contributed by atoms with Crippen LogP contribution in [0.3, 0.4) is 0 Å². The van der Waals surface area contributed by atoms with E-state index in [1.807, 2.05) is 0 Å². The van der Waals surface area contributed by atoms with Crippen LogP contribution in [-0.4, -0.2) is 56.0 Å². The van der Waals surface area contributed by atoms with Gasteiger partial charge in [-0.15, -0.1) is 0 Å². The zero-order valence-electron chi connectivity index (χ0n) is 10.9. The van der Waals surface area contributed by atoms with E-state index in [4.69, 9.17) is 0 Å². The largest absolute Gasteiger partial charge is 0.311 e. The molecule has 2 rings (SSSR count). The Hall–Kier alpha value is -0.130. The van der Waals surface area contributed by atoms with Gasteiger partial charge in [0.1, 0.15) is 0 Å². The van der Waals surface area contributed by atoms with Crippen molar-refractivity contribution in [1.29, 1.82) is 0 Å². The summed E-state index contributed by atoms with van der Waals surface area (Å²) in [4.78, 5) is 2.44. The molecule has 0 aromatic heterocycles. The Morgan fingerprint density at radius 3 is 2.82 bits per heavy atom. The molecule has 2 heterocycles. The van der Waals surface area contributed by atoms with Gasteiger partial charge < -0.3 is 5.32 Å². The van der Waals surface area contributed by atoms with Crippen LogP contribution in [0.4, 0.5) is 0 Å². The lowest BCUT2D eigenvalue weighted by molar-refractivity contribution is 0.0856. The number of hydrogen-bond donors (Lipinski definition) is 1. The second-order valence-corrected chi connectivity index (χ2v) is 7.71. The Morgan fingerprint density at radius 2 is 2.18 bits per heavy atom. The Balaban J connectivity index is 2.07. The summed E-state index contributed by atoms with van der Waals surface area (Å²) in [6, 6.07) is 1.23. The van der Waals surface area contributed by atoms with E-state index >= 15 is 0 Å². The normalized spacial score (nSPS) is 39.1. The van der Waals surface area contributed by atoms with Crippen molar-refractivity contribution in [2.75, 3.05) is 24.6 Å². The molecule has 5 heteroatoms. The number of hydrogen-bond acceptors (Lipinski definition) is 4. The van der Waals surface area contributed by atoms with Crippen LogP contribution in [0.5, 0.6) is 0 Å². The molecule has 2 aliphatic rings. The van der Waals surface area contributed by atoms with E-state index in [0.29, 0.717) is 23.6 Å². The number of rotatable bonds is 2. The first-order valence-corrected chi connectivity index (χ1v) is 8.53. The van der Waals surface area contributed by atoms with Crippen LogP contribution < -0.4 is 5.32 Å². The molecule has 0 bridgehead atoms. The van der Waals surface area contributed by atoms with Crippen molar-refractivity contribution in [1.82, 2.24) is 10.2 Å². The molecular weight excluding hydrogens is 236 g/mol. The summed E-state index contributed by atoms with van der Waals surface area (Å²) in [6.07, 6.45) is 2.97. The molecule has 0 saturated carbocycles. The van der Waals surface area contributed by atoms with E-state index in [0.717, 1.165) is 32.4 Å². The molecule has 1 N–H and O–H groups in total. The molecule has 3 atom stereocenters. The van der Waals surface area contributed by atoms with Crippen molar-refractivity contribution in [3.8, 4) is 0 Å². The molecule has 0 aliphatic carbocycles. The Labute approximate surface area is 105 Å². The van der Waals surface area contributed by atoms with Crippen LogP contribution in [0.1, 0.15) is 33.1 Å². The maximum Gasteiger partial charge on any atom is 0.151 e. The fraction of sp³-hybridized carbons (Fsp3) is 1.00. The maximum absolute atomic E-state index is 11.7. The Kier molecular flexibility index (Phi) is 4.10. The first-order valence-electron chi connectivity index (χ1n) is 6.71. The molecule has 0 aromatic rings. The molecule has 3 unspecified atom stereocenters. The van der Waals surface area contributed by atoms with Gasteiger partial charge >= 0.3 is 0 Å². The topological polar surface area (TPSA) is 49.4 Å². The Morgan fingerprint density at radius 1 is 1.41 bits per heavy atom. The smallest absolute Gasteiger partial charge is 0.151 e. The van der Waals surface area contributed by atoms with Gasteiger partial charge in [-0.25, -0.2) is 8.42 Å². The van der Waals surface area contributed by atoms with Crippen LogP contribution in [-0.2, 0) is 9.84 Å². The summed E-state index contributed by atoms with van der Waals surface area (Å²) in [6.45, 7) is 6.34. The third-order valence-corrected chi connectivity index (χ3v) is 5.84. The average molecular weight is 260 g/mol. The highest BCUT2D eigenvalue weighted by Crippen LogP contribution is 2.22. The SMILES string of the molecule is CCC1CNC(C)CN1C1CCCS(=O)(=O)C1. The zero-order valence-corrected chi connectivity index (χ0v) is 11.7. The third kappa shape index (κ3) is 3.20. The summed E-state index contributed by atoms with van der Waals surface area (Å²) in [5.41, 5.74) is 0. The van der Waals surface area contributed by atoms with Gasteiger partial charge in [0.05, 0.1) is 11.5 Å². The molecule has 0 spiro atoms. The van der Waals surface area contributed by atoms with Crippen molar-refractivity contribution in [3.05, 3.63) is 0 Å². The highest BCUT2D eigenvalue weighted by Gasteiger charge is 2.35. The minimum Gasteiger partial charge on any atom is -0.311 e. The molecule has 17 heavy (non-hydrogen) atoms. The maximum atomic E-state index is 11.7. The number of sulfone groups is 1. The van der Waals surface area contributed by atoms with Crippen LogP contribution in [0.2, 0.25) is 0 Å². The Bertz CT molecular complexity index is 356. The standard InChI is InChI=1S/C12H24N2O2S/c1-3-11-7-13-10(2)8-14(11)12-5-4-6-17(15,16)9-12/h10-13H,3-9H2,1-2H3. The summed E-state index contributed by atoms with van der Waals surface area (Å²) in [5.74, 6) is 0.762. The van der Waals surface area contributed by atoms with Gasteiger partial charge in [0.2, 0.25) is 0 Å². The highest BCUT2D eigenvalue weighted by atomic mass is 32.2. The molecular formula is C12H24N2O2S. The van der Waals surface area contributed by atoms with E-state index in [-0.39, 0.29) is 6.04 Å². The lowest BCUT2D eigenvalue weighted by Gasteiger charge is -2.44. The summed E-state index contributed by atoms with van der Waals surface area (Å²) in [7, 11) is -2.79. The number of nitrogens with one attached hydrogen (secondary N) is 1. The summed E-state index contributed by atoms with van der Waals surface area (Å²) in [5, 5.41) is 3.48. The molecule has 4 nitrogen and oxygen atoms in total. The van der Waals surface area contributed by atoms with E-state index in [1.54, 1.807) is 0 Å². The molecule has 0 radical (unpaired) electrons. The van der Waals surface area contributed by atoms with Gasteiger partial charge in [-0.3, -0.25) is 4.90 Å². The van der Waals surface area contributed by atoms with E-state index in [9.17, 15) is 8.42 Å². The molecule has 100 valence electrons. The van der Waals surface area contributed by atoms with E-state index < -0.39 is 9.84 Å². The van der Waals surface area contributed by atoms with Crippen LogP contribution in [0, 0.1) is 0 Å². The fourth-order valence-corrected chi connectivity index (χ4v) is 4.79. The minimum atomic E-state index is -2.79. The van der Waals surface area contributed by atoms with E-state index in [1.165, 1.54) is 0 Å². The first-order chi connectivity index (χ1) is 8.02. The van der Waals surface area contributed by atoms with Crippen molar-refractivity contribution in [2.24, 2.45) is 0 Å². The van der Waals surface area contributed by atoms with Crippen molar-refractivity contribution < 1.29 is 8.42 Å². The number of piperazine rings is 1. The van der Waals surface area contributed by atoms with E-state index in [2.05, 4.69) is 24.1 Å². The van der Waals surface area contributed by atoms with Gasteiger partial charge in [-0.05, 0) is 26.2 Å². The second kappa shape index (κ2) is 5.24. The lowest BCUT2D eigenvalue weighted by atomic mass is 10.0. The monoisotopic (exact) mass is 260 g/mol. The fourth-order valence-electron chi connectivity index (χ4n) is 3.07. The zero-order chi connectivity index (χ0) is 12.5.